The molecule has 0 aliphatic carbocycles. The summed E-state index contributed by atoms with van der Waals surface area (Å²) in [6.45, 7) is 0.941. The van der Waals surface area contributed by atoms with Gasteiger partial charge in [0.25, 0.3) is 11.1 Å². The molecule has 2 saturated heterocycles. The Balaban J connectivity index is 1.44. The van der Waals surface area contributed by atoms with Gasteiger partial charge in [0, 0.05) is 36.4 Å². The van der Waals surface area contributed by atoms with Crippen molar-refractivity contribution in [3.05, 3.63) is 65.2 Å². The molecule has 9 atom stereocenters. The van der Waals surface area contributed by atoms with Crippen LogP contribution in [0.25, 0.3) is 0 Å². The second kappa shape index (κ2) is 14.5. The molecule has 268 valence electrons. The molecule has 23 nitrogen and oxygen atoms in total. The molecule has 0 amide bonds. The van der Waals surface area contributed by atoms with Crippen LogP contribution in [0.4, 0.5) is 4.79 Å². The molecule has 2 aliphatic heterocycles. The van der Waals surface area contributed by atoms with Crippen molar-refractivity contribution in [3.8, 4) is 0 Å². The van der Waals surface area contributed by atoms with Crippen LogP contribution in [0.15, 0.2) is 31.6 Å². The van der Waals surface area contributed by atoms with Crippen LogP contribution in [0, 0.1) is 13.8 Å². The highest BCUT2D eigenvalue weighted by atomic mass is 31.3. The zero-order valence-corrected chi connectivity index (χ0v) is 27.8. The largest absolute Gasteiger partial charge is 0.480 e. The SMILES string of the molecule is COC(=O)P(=O)(OP(=O)(O)OC[C@H]1O[C@@H](n2cc(C)c(=O)[nH]c2=O)C[C@@H]1O)OP(=O)(O)O[C@H]1C[C@H](n2cc(C)c(=O)[nH]c2=O)O[C@@H]1CO. The monoisotopic (exact) mass is 748 g/mol. The quantitative estimate of drug-likeness (QED) is 0.137. The summed E-state index contributed by atoms with van der Waals surface area (Å²) in [5.41, 5.74) is -4.96. The fourth-order valence-electron chi connectivity index (χ4n) is 4.63. The molecule has 0 spiro atoms. The molecule has 0 radical (unpaired) electrons. The van der Waals surface area contributed by atoms with E-state index in [0.717, 1.165) is 21.5 Å². The smallest absolute Gasteiger partial charge is 0.460 e. The molecule has 48 heavy (non-hydrogen) atoms. The molecule has 6 N–H and O–H groups in total. The minimum absolute atomic E-state index is 0.0965. The average molecular weight is 748 g/mol. The summed E-state index contributed by atoms with van der Waals surface area (Å²) < 4.78 is 74.3. The summed E-state index contributed by atoms with van der Waals surface area (Å²) in [5, 5.41) is 20.0. The van der Waals surface area contributed by atoms with Crippen LogP contribution < -0.4 is 22.5 Å². The van der Waals surface area contributed by atoms with Gasteiger partial charge in [0.1, 0.15) is 30.8 Å². The number of aromatic nitrogens is 4. The van der Waals surface area contributed by atoms with Gasteiger partial charge in [-0.25, -0.2) is 28.1 Å². The number of methoxy groups -OCH3 is 1. The summed E-state index contributed by atoms with van der Waals surface area (Å²) in [4.78, 5) is 84.7. The van der Waals surface area contributed by atoms with E-state index in [4.69, 9.17) is 14.0 Å². The van der Waals surface area contributed by atoms with E-state index in [0.29, 0.717) is 7.11 Å². The minimum atomic E-state index is -5.90. The third-order valence-corrected chi connectivity index (χ3v) is 12.0. The molecule has 2 fully saturated rings. The second-order valence-corrected chi connectivity index (χ2v) is 15.5. The molecule has 0 saturated carbocycles. The van der Waals surface area contributed by atoms with Gasteiger partial charge in [-0.2, -0.15) is 8.62 Å². The van der Waals surface area contributed by atoms with E-state index in [9.17, 15) is 57.7 Å². The minimum Gasteiger partial charge on any atom is -0.460 e. The van der Waals surface area contributed by atoms with Crippen molar-refractivity contribution in [1.82, 2.24) is 19.1 Å². The van der Waals surface area contributed by atoms with Gasteiger partial charge >= 0.3 is 40.3 Å². The molecule has 0 aromatic carbocycles. The lowest BCUT2D eigenvalue weighted by atomic mass is 10.2. The number of nitrogens with one attached hydrogen (secondary N) is 2. The van der Waals surface area contributed by atoms with E-state index < -0.39 is 108 Å². The van der Waals surface area contributed by atoms with Gasteiger partial charge in [0.05, 0.1) is 26.4 Å². The maximum atomic E-state index is 13.2. The van der Waals surface area contributed by atoms with Gasteiger partial charge in [0.2, 0.25) is 0 Å². The molecular weight excluding hydrogens is 717 g/mol. The topological polar surface area (TPSA) is 324 Å². The van der Waals surface area contributed by atoms with E-state index in [1.807, 2.05) is 9.97 Å². The van der Waals surface area contributed by atoms with Crippen molar-refractivity contribution < 1.29 is 70.4 Å². The van der Waals surface area contributed by atoms with Gasteiger partial charge in [-0.1, -0.05) is 0 Å². The van der Waals surface area contributed by atoms with Gasteiger partial charge in [-0.05, 0) is 13.8 Å². The number of aliphatic hydroxyl groups excluding tert-OH is 2. The van der Waals surface area contributed by atoms with Crippen LogP contribution in [0.2, 0.25) is 0 Å². The number of rotatable bonds is 13. The Morgan fingerprint density at radius 3 is 1.92 bits per heavy atom. The van der Waals surface area contributed by atoms with Crippen LogP contribution >= 0.6 is 23.2 Å². The Kier molecular flexibility index (Phi) is 11.5. The van der Waals surface area contributed by atoms with Gasteiger partial charge in [-0.15, -0.1) is 0 Å². The molecule has 3 unspecified atom stereocenters. The van der Waals surface area contributed by atoms with Crippen LogP contribution in [-0.2, 0) is 45.6 Å². The molecular formula is C22H31N4O19P3. The standard InChI is InChI=1S/C22H31N4O19P3/c1-10-6-25(20(31)23-18(10)29)16-4-12(28)15(42-16)9-40-47(35,36)44-46(34,22(33)39-3)45-48(37,38)43-13-5-17(41-14(13)8-27)26-7-11(2)19(30)24-21(26)32/h6-7,12-17,27-28H,4-5,8-9H2,1-3H3,(H,35,36)(H,37,38)(H,23,29,31)(H,24,30,32)/t12-,13-,14+,15+,16+,17+,46?/m0/s1. The lowest BCUT2D eigenvalue weighted by molar-refractivity contribution is -0.0457. The molecule has 0 bridgehead atoms. The lowest BCUT2D eigenvalue weighted by Gasteiger charge is -2.24. The number of hydrogen-bond donors (Lipinski definition) is 6. The highest BCUT2D eigenvalue weighted by molar-refractivity contribution is 7.80. The number of ether oxygens (including phenoxy) is 3. The molecule has 2 aromatic rings. The first-order valence-corrected chi connectivity index (χ1v) is 18.1. The molecule has 2 aliphatic rings. The Labute approximate surface area is 267 Å². The summed E-state index contributed by atoms with van der Waals surface area (Å²) in [5.74, 6) is 0. The fraction of sp³-hybridized carbons (Fsp3) is 0.591. The van der Waals surface area contributed by atoms with Crippen molar-refractivity contribution in [2.75, 3.05) is 20.3 Å². The zero-order chi connectivity index (χ0) is 35.8. The van der Waals surface area contributed by atoms with Gasteiger partial charge in [0.15, 0.2) is 0 Å². The van der Waals surface area contributed by atoms with E-state index >= 15 is 0 Å². The highest BCUT2D eigenvalue weighted by Gasteiger charge is 2.52. The van der Waals surface area contributed by atoms with Gasteiger partial charge in [-0.3, -0.25) is 37.7 Å². The molecule has 2 aromatic heterocycles. The number of H-pyrrole nitrogens is 2. The zero-order valence-electron chi connectivity index (χ0n) is 25.1. The van der Waals surface area contributed by atoms with E-state index in [1.165, 1.54) is 13.8 Å². The number of carbonyl (C=O) groups is 1. The average Bonchev–Trinajstić information content (AvgIpc) is 3.56. The summed E-state index contributed by atoms with van der Waals surface area (Å²) in [6, 6.07) is 0. The first kappa shape index (κ1) is 37.9. The van der Waals surface area contributed by atoms with E-state index in [1.54, 1.807) is 0 Å². The highest BCUT2D eigenvalue weighted by Crippen LogP contribution is 2.71. The number of aromatic amines is 2. The number of aliphatic hydroxyl groups is 2. The number of aryl methyl sites for hydroxylation is 2. The van der Waals surface area contributed by atoms with Crippen LogP contribution in [0.5, 0.6) is 0 Å². The van der Waals surface area contributed by atoms with Crippen molar-refractivity contribution in [1.29, 1.82) is 0 Å². The number of phosphoric ester groups is 2. The first-order chi connectivity index (χ1) is 22.3. The maximum absolute atomic E-state index is 13.2. The summed E-state index contributed by atoms with van der Waals surface area (Å²) in [7, 11) is -16.7. The summed E-state index contributed by atoms with van der Waals surface area (Å²) in [6.07, 6.45) is -6.68. The normalized spacial score (nSPS) is 28.0. The maximum Gasteiger partial charge on any atom is 0.480 e. The molecule has 4 rings (SSSR count). The lowest BCUT2D eigenvalue weighted by Crippen LogP contribution is -2.33. The third kappa shape index (κ3) is 8.64. The molecule has 26 heteroatoms. The van der Waals surface area contributed by atoms with Crippen LogP contribution in [0.3, 0.4) is 0 Å². The predicted molar refractivity (Wildman–Crippen MR) is 155 cm³/mol. The van der Waals surface area contributed by atoms with Crippen LogP contribution in [-0.4, -0.2) is 89.6 Å². The predicted octanol–water partition coefficient (Wildman–Crippen LogP) is -0.773. The number of phosphoric acid groups is 2. The van der Waals surface area contributed by atoms with Crippen molar-refractivity contribution in [2.45, 2.75) is 63.6 Å². The third-order valence-electron chi connectivity index (χ3n) is 6.97. The van der Waals surface area contributed by atoms with E-state index in [-0.39, 0.29) is 17.5 Å². The first-order valence-electron chi connectivity index (χ1n) is 13.6. The summed E-state index contributed by atoms with van der Waals surface area (Å²) >= 11 is 0. The number of hydrogen-bond acceptors (Lipinski definition) is 17. The van der Waals surface area contributed by atoms with E-state index in [2.05, 4.69) is 17.9 Å². The Hall–Kier alpha value is -2.88. The van der Waals surface area contributed by atoms with Crippen molar-refractivity contribution >= 4 is 29.0 Å². The van der Waals surface area contributed by atoms with Crippen molar-refractivity contribution in [3.63, 3.8) is 0 Å². The molecule has 4 heterocycles. The Morgan fingerprint density at radius 2 is 1.40 bits per heavy atom. The number of carbonyl (C=O) groups excluding carboxylic acids is 1. The van der Waals surface area contributed by atoms with Gasteiger partial charge < -0.3 is 34.2 Å². The Morgan fingerprint density at radius 1 is 0.896 bits per heavy atom. The fourth-order valence-corrected chi connectivity index (χ4v) is 9.19. The Bertz CT molecular complexity index is 1920. The van der Waals surface area contributed by atoms with Crippen molar-refractivity contribution in [2.24, 2.45) is 0 Å². The number of nitrogens with zero attached hydrogens (tertiary/aromatic N) is 2. The van der Waals surface area contributed by atoms with Crippen LogP contribution in [0.1, 0.15) is 36.4 Å². The second-order valence-electron chi connectivity index (χ2n) is 10.4.